The molecule has 0 amide bonds. The lowest BCUT2D eigenvalue weighted by Crippen LogP contribution is -2.41. The van der Waals surface area contributed by atoms with Crippen molar-refractivity contribution >= 4 is 0 Å². The van der Waals surface area contributed by atoms with Gasteiger partial charge in [-0.3, -0.25) is 0 Å². The van der Waals surface area contributed by atoms with E-state index in [1.165, 1.54) is 5.56 Å². The van der Waals surface area contributed by atoms with Crippen molar-refractivity contribution in [2.75, 3.05) is 14.2 Å². The largest absolute Gasteiger partial charge is 0.355 e. The third-order valence-corrected chi connectivity index (χ3v) is 6.47. The molecule has 0 bridgehead atoms. The Morgan fingerprint density at radius 2 is 1.67 bits per heavy atom. The molecule has 3 aliphatic heterocycles. The maximum atomic E-state index is 6.55. The molecule has 5 rings (SSSR count). The van der Waals surface area contributed by atoms with Crippen LogP contribution >= 0.6 is 0 Å². The molecule has 5 heteroatoms. The van der Waals surface area contributed by atoms with Crippen LogP contribution in [0.2, 0.25) is 0 Å². The van der Waals surface area contributed by atoms with Gasteiger partial charge in [0.1, 0.15) is 0 Å². The van der Waals surface area contributed by atoms with Crippen molar-refractivity contribution in [3.63, 3.8) is 0 Å². The van der Waals surface area contributed by atoms with Crippen LogP contribution in [0.25, 0.3) is 0 Å². The van der Waals surface area contributed by atoms with Crippen molar-refractivity contribution < 1.29 is 23.7 Å². The number of ether oxygens (including phenoxy) is 5. The van der Waals surface area contributed by atoms with Crippen LogP contribution in [0.15, 0.2) is 30.3 Å². The molecule has 3 heterocycles. The van der Waals surface area contributed by atoms with Crippen LogP contribution in [-0.4, -0.2) is 38.4 Å². The fourth-order valence-electron chi connectivity index (χ4n) is 5.82. The van der Waals surface area contributed by atoms with Crippen molar-refractivity contribution in [3.8, 4) is 0 Å². The second-order valence-corrected chi connectivity index (χ2v) is 7.65. The van der Waals surface area contributed by atoms with Gasteiger partial charge < -0.3 is 23.7 Å². The van der Waals surface area contributed by atoms with E-state index >= 15 is 0 Å². The van der Waals surface area contributed by atoms with Crippen molar-refractivity contribution in [2.24, 2.45) is 23.7 Å². The highest BCUT2D eigenvalue weighted by atomic mass is 16.9. The molecule has 0 radical (unpaired) electrons. The van der Waals surface area contributed by atoms with Gasteiger partial charge in [-0.15, -0.1) is 0 Å². The molecular weight excluding hydrogens is 308 g/mol. The molecule has 0 spiro atoms. The fourth-order valence-corrected chi connectivity index (χ4v) is 5.82. The summed E-state index contributed by atoms with van der Waals surface area (Å²) in [5.41, 5.74) is 1.21. The molecule has 130 valence electrons. The van der Waals surface area contributed by atoms with Gasteiger partial charge in [-0.2, -0.15) is 0 Å². The second-order valence-electron chi connectivity index (χ2n) is 7.65. The number of methoxy groups -OCH3 is 2. The Morgan fingerprint density at radius 1 is 1.00 bits per heavy atom. The van der Waals surface area contributed by atoms with Gasteiger partial charge in [-0.1, -0.05) is 30.3 Å². The minimum absolute atomic E-state index is 0.196. The van der Waals surface area contributed by atoms with Crippen molar-refractivity contribution in [1.82, 2.24) is 0 Å². The Bertz CT molecular complexity index is 636. The number of hydrogen-bond acceptors (Lipinski definition) is 5. The van der Waals surface area contributed by atoms with Gasteiger partial charge in [-0.05, 0) is 18.9 Å². The topological polar surface area (TPSA) is 46.2 Å². The van der Waals surface area contributed by atoms with Crippen molar-refractivity contribution in [1.29, 1.82) is 0 Å². The Labute approximate surface area is 142 Å². The SMILES string of the molecule is CO[C@H]1O[C@]2(Cc3ccccc3)O[C@]3(C)O[C@@H](OC)[C@@H]4C[C@H]1[C@H]2[C@@H]43. The van der Waals surface area contributed by atoms with Crippen LogP contribution in [0.1, 0.15) is 18.9 Å². The first kappa shape index (κ1) is 15.3. The van der Waals surface area contributed by atoms with Gasteiger partial charge in [-0.25, -0.2) is 0 Å². The van der Waals surface area contributed by atoms with E-state index in [0.717, 1.165) is 6.42 Å². The number of hydrogen-bond donors (Lipinski definition) is 0. The lowest BCUT2D eigenvalue weighted by atomic mass is 9.80. The Balaban J connectivity index is 1.55. The van der Waals surface area contributed by atoms with Crippen molar-refractivity contribution in [2.45, 2.75) is 43.9 Å². The van der Waals surface area contributed by atoms with E-state index in [1.807, 2.05) is 13.0 Å². The monoisotopic (exact) mass is 332 g/mol. The summed E-state index contributed by atoms with van der Waals surface area (Å²) in [6, 6.07) is 10.4. The molecule has 24 heavy (non-hydrogen) atoms. The zero-order valence-corrected chi connectivity index (χ0v) is 14.3. The first-order valence-electron chi connectivity index (χ1n) is 8.75. The lowest BCUT2D eigenvalue weighted by molar-refractivity contribution is -0.350. The molecule has 0 aromatic heterocycles. The molecule has 0 N–H and O–H groups in total. The van der Waals surface area contributed by atoms with Crippen LogP contribution in [0.3, 0.4) is 0 Å². The highest BCUT2D eigenvalue weighted by molar-refractivity contribution is 5.22. The quantitative estimate of drug-likeness (QED) is 0.848. The maximum Gasteiger partial charge on any atom is 0.182 e. The fraction of sp³-hybridized carbons (Fsp3) is 0.684. The molecule has 4 fully saturated rings. The van der Waals surface area contributed by atoms with Crippen LogP contribution in [0, 0.1) is 23.7 Å². The van der Waals surface area contributed by atoms with E-state index in [1.54, 1.807) is 14.2 Å². The van der Waals surface area contributed by atoms with Gasteiger partial charge >= 0.3 is 0 Å². The van der Waals surface area contributed by atoms with Gasteiger partial charge in [0.05, 0.1) is 0 Å². The van der Waals surface area contributed by atoms with E-state index < -0.39 is 11.6 Å². The zero-order valence-electron chi connectivity index (χ0n) is 14.3. The van der Waals surface area contributed by atoms with Gasteiger partial charge in [0, 0.05) is 44.3 Å². The van der Waals surface area contributed by atoms with E-state index in [-0.39, 0.29) is 24.4 Å². The highest BCUT2D eigenvalue weighted by Gasteiger charge is 2.78. The normalized spacial score (nSPS) is 51.3. The highest BCUT2D eigenvalue weighted by Crippen LogP contribution is 2.69. The Hall–Kier alpha value is -0.980. The third kappa shape index (κ3) is 1.82. The van der Waals surface area contributed by atoms with Gasteiger partial charge in [0.25, 0.3) is 0 Å². The summed E-state index contributed by atoms with van der Waals surface area (Å²) in [6.45, 7) is 2.04. The average Bonchev–Trinajstić information content (AvgIpc) is 3.24. The summed E-state index contributed by atoms with van der Waals surface area (Å²) in [4.78, 5) is 0. The first-order valence-corrected chi connectivity index (χ1v) is 8.75. The minimum Gasteiger partial charge on any atom is -0.355 e. The molecule has 0 unspecified atom stereocenters. The second kappa shape index (κ2) is 5.02. The summed E-state index contributed by atoms with van der Waals surface area (Å²) < 4.78 is 30.4. The van der Waals surface area contributed by atoms with E-state index in [9.17, 15) is 0 Å². The van der Waals surface area contributed by atoms with E-state index in [0.29, 0.717) is 18.3 Å². The van der Waals surface area contributed by atoms with Crippen LogP contribution in [0.5, 0.6) is 0 Å². The van der Waals surface area contributed by atoms with E-state index in [4.69, 9.17) is 23.7 Å². The third-order valence-electron chi connectivity index (χ3n) is 6.47. The average molecular weight is 332 g/mol. The molecule has 4 aliphatic rings. The molecule has 1 aromatic rings. The summed E-state index contributed by atoms with van der Waals surface area (Å²) in [6.07, 6.45) is 1.31. The maximum absolute atomic E-state index is 6.55. The molecule has 5 nitrogen and oxygen atoms in total. The molecule has 3 saturated heterocycles. The number of rotatable bonds is 4. The Kier molecular flexibility index (Phi) is 3.20. The summed E-state index contributed by atoms with van der Waals surface area (Å²) in [7, 11) is 3.43. The lowest BCUT2D eigenvalue weighted by Gasteiger charge is -2.33. The van der Waals surface area contributed by atoms with Crippen LogP contribution in [0.4, 0.5) is 0 Å². The Morgan fingerprint density at radius 3 is 2.38 bits per heavy atom. The summed E-state index contributed by atoms with van der Waals surface area (Å²) in [5, 5.41) is 0. The molecule has 1 saturated carbocycles. The molecule has 1 aliphatic carbocycles. The van der Waals surface area contributed by atoms with Crippen molar-refractivity contribution in [3.05, 3.63) is 35.9 Å². The summed E-state index contributed by atoms with van der Waals surface area (Å²) in [5.74, 6) is -0.0712. The number of benzene rings is 1. The van der Waals surface area contributed by atoms with Gasteiger partial charge in [0.15, 0.2) is 24.2 Å². The van der Waals surface area contributed by atoms with Crippen LogP contribution < -0.4 is 0 Å². The standard InChI is InChI=1S/C19H24O5/c1-18-14-12(16(20-2)22-18)9-13-15(14)19(24-18,23-17(13)21-3)10-11-7-5-4-6-8-11/h4-8,12-17H,9-10H2,1-3H3/t12-,13+,14-,15+,16-,17+,18+,19-/m1/s1. The van der Waals surface area contributed by atoms with E-state index in [2.05, 4.69) is 24.3 Å². The molecule has 8 atom stereocenters. The predicted molar refractivity (Wildman–Crippen MR) is 84.7 cm³/mol. The summed E-state index contributed by atoms with van der Waals surface area (Å²) >= 11 is 0. The zero-order chi connectivity index (χ0) is 16.5. The minimum atomic E-state index is -0.667. The molecular formula is C19H24O5. The van der Waals surface area contributed by atoms with Gasteiger partial charge in [0.2, 0.25) is 0 Å². The molecule has 1 aromatic carbocycles. The smallest absolute Gasteiger partial charge is 0.182 e. The predicted octanol–water partition coefficient (Wildman–Crippen LogP) is 2.55. The van der Waals surface area contributed by atoms with Crippen LogP contribution in [-0.2, 0) is 30.1 Å². The first-order chi connectivity index (χ1) is 11.6.